The van der Waals surface area contributed by atoms with Gasteiger partial charge in [0.2, 0.25) is 11.8 Å². The molecule has 2 atom stereocenters. The van der Waals surface area contributed by atoms with Crippen LogP contribution in [0.15, 0.2) is 67.1 Å². The Hall–Kier alpha value is -5.16. The second-order valence-electron chi connectivity index (χ2n) is 13.6. The summed E-state index contributed by atoms with van der Waals surface area (Å²) in [6.45, 7) is 5.34. The van der Waals surface area contributed by atoms with Crippen LogP contribution in [0.25, 0.3) is 0 Å². The minimum atomic E-state index is -0.804. The lowest BCUT2D eigenvalue weighted by Gasteiger charge is -2.16. The summed E-state index contributed by atoms with van der Waals surface area (Å²) in [7, 11) is 1.52. The third-order valence-electron chi connectivity index (χ3n) is 10.0. The van der Waals surface area contributed by atoms with E-state index in [0.29, 0.717) is 22.7 Å². The molecule has 0 saturated heterocycles. The molecule has 12 heteroatoms. The second-order valence-corrected chi connectivity index (χ2v) is 14.0. The van der Waals surface area contributed by atoms with Gasteiger partial charge in [-0.05, 0) is 99.4 Å². The van der Waals surface area contributed by atoms with E-state index < -0.39 is 17.1 Å². The van der Waals surface area contributed by atoms with Gasteiger partial charge in [-0.25, -0.2) is 4.39 Å². The maximum atomic E-state index is 14.9. The number of likely N-dealkylation sites (N-methyl/N-ethyl adjacent to an activating group) is 1. The van der Waals surface area contributed by atoms with E-state index in [9.17, 15) is 23.6 Å². The van der Waals surface area contributed by atoms with Gasteiger partial charge in [-0.3, -0.25) is 29.1 Å². The monoisotopic (exact) mass is 680 g/mol. The Labute approximate surface area is 287 Å². The summed E-state index contributed by atoms with van der Waals surface area (Å²) in [5, 5.41) is 8.60. The number of halogens is 2. The Bertz CT molecular complexity index is 2080. The molecule has 4 aromatic rings. The van der Waals surface area contributed by atoms with Gasteiger partial charge >= 0.3 is 0 Å². The molecule has 2 aromatic heterocycles. The Balaban J connectivity index is 0.000000155. The topological polar surface area (TPSA) is 133 Å². The van der Waals surface area contributed by atoms with Crippen LogP contribution in [0.4, 0.5) is 27.1 Å². The highest BCUT2D eigenvalue weighted by atomic mass is 35.5. The molecule has 10 nitrogen and oxygen atoms in total. The summed E-state index contributed by atoms with van der Waals surface area (Å²) in [6, 6.07) is 13.8. The van der Waals surface area contributed by atoms with Crippen LogP contribution in [-0.4, -0.2) is 40.6 Å². The summed E-state index contributed by atoms with van der Waals surface area (Å²) in [5.41, 5.74) is 3.88. The summed E-state index contributed by atoms with van der Waals surface area (Å²) in [5.74, 6) is -0.198. The van der Waals surface area contributed by atoms with Gasteiger partial charge in [0.15, 0.2) is 5.82 Å². The number of aromatic nitrogens is 2. The van der Waals surface area contributed by atoms with Crippen LogP contribution in [0.1, 0.15) is 70.6 Å². The molecular weight excluding hydrogens is 647 g/mol. The molecule has 0 bridgehead atoms. The standard InChI is InChI=1S/C20H19N3O2.C17H15ClFN3O2/c1-11-8-13(6-7-21-11)18(24)22-14-4-5-15-17(9-14)23-19(25)20(15)10-16(20)12-2-3-12;1-17(2)10-4-5-12(13(19)14(10)22(3)16(17)24)21-15(23)9-6-7-20-8-11(9)18/h4-9,12,16H,2-3,10H2,1H3,(H,22,24)(H,23,25);4-8H,1-3H3,(H,21,23)/t16?,20-;/m0./s1. The van der Waals surface area contributed by atoms with Crippen LogP contribution in [0.2, 0.25) is 5.02 Å². The number of hydrogen-bond donors (Lipinski definition) is 3. The van der Waals surface area contributed by atoms with Crippen LogP contribution in [0, 0.1) is 24.6 Å². The molecule has 0 radical (unpaired) electrons. The van der Waals surface area contributed by atoms with Crippen LogP contribution < -0.4 is 20.9 Å². The molecule has 250 valence electrons. The number of fused-ring (bicyclic) bond motifs is 3. The molecule has 2 fully saturated rings. The number of carbonyl (C=O) groups excluding carboxylic acids is 4. The van der Waals surface area contributed by atoms with Gasteiger partial charge in [-0.1, -0.05) is 23.7 Å². The van der Waals surface area contributed by atoms with Gasteiger partial charge in [-0.15, -0.1) is 0 Å². The molecule has 2 aromatic carbocycles. The van der Waals surface area contributed by atoms with E-state index in [1.54, 1.807) is 38.2 Å². The van der Waals surface area contributed by atoms with Crippen LogP contribution >= 0.6 is 11.6 Å². The van der Waals surface area contributed by atoms with Crippen LogP contribution in [-0.2, 0) is 20.4 Å². The van der Waals surface area contributed by atoms with Gasteiger partial charge in [0.1, 0.15) is 0 Å². The maximum Gasteiger partial charge on any atom is 0.257 e. The zero-order chi connectivity index (χ0) is 34.8. The number of nitrogens with one attached hydrogen (secondary N) is 3. The summed E-state index contributed by atoms with van der Waals surface area (Å²) >= 11 is 5.93. The van der Waals surface area contributed by atoms with Gasteiger partial charge in [0, 0.05) is 48.3 Å². The number of carbonyl (C=O) groups is 4. The number of aryl methyl sites for hydroxylation is 1. The van der Waals surface area contributed by atoms with E-state index in [1.807, 2.05) is 25.1 Å². The van der Waals surface area contributed by atoms with Crippen molar-refractivity contribution in [2.45, 2.75) is 50.9 Å². The maximum absolute atomic E-state index is 14.9. The van der Waals surface area contributed by atoms with E-state index in [4.69, 9.17) is 11.6 Å². The number of anilines is 4. The zero-order valence-electron chi connectivity index (χ0n) is 27.4. The van der Waals surface area contributed by atoms with Crippen molar-refractivity contribution >= 4 is 58.0 Å². The zero-order valence-corrected chi connectivity index (χ0v) is 28.1. The number of pyridine rings is 2. The first-order chi connectivity index (χ1) is 23.3. The largest absolute Gasteiger partial charge is 0.325 e. The predicted molar refractivity (Wildman–Crippen MR) is 185 cm³/mol. The SMILES string of the molecule is CN1C(=O)C(C)(C)c2ccc(NC(=O)c3ccncc3Cl)c(F)c21.Cc1cc(C(=O)Nc2ccc3c(c2)NC(=O)[C@@]32CC2C2CC2)ccn1. The van der Waals surface area contributed by atoms with Crippen molar-refractivity contribution in [1.29, 1.82) is 0 Å². The van der Waals surface area contributed by atoms with Crippen molar-refractivity contribution in [2.75, 3.05) is 27.9 Å². The Morgan fingerprint density at radius 2 is 1.76 bits per heavy atom. The summed E-state index contributed by atoms with van der Waals surface area (Å²) < 4.78 is 14.9. The van der Waals surface area contributed by atoms with E-state index in [1.165, 1.54) is 49.3 Å². The average molecular weight is 681 g/mol. The predicted octanol–water partition coefficient (Wildman–Crippen LogP) is 6.64. The van der Waals surface area contributed by atoms with Crippen molar-refractivity contribution in [3.05, 3.63) is 106 Å². The summed E-state index contributed by atoms with van der Waals surface area (Å²) in [4.78, 5) is 58.7. The van der Waals surface area contributed by atoms with Gasteiger partial charge in [0.25, 0.3) is 11.8 Å². The van der Waals surface area contributed by atoms with Crippen molar-refractivity contribution in [3.63, 3.8) is 0 Å². The second kappa shape index (κ2) is 11.8. The first-order valence-electron chi connectivity index (χ1n) is 16.0. The van der Waals surface area contributed by atoms with E-state index in [-0.39, 0.29) is 45.1 Å². The van der Waals surface area contributed by atoms with Crippen molar-refractivity contribution < 1.29 is 23.6 Å². The smallest absolute Gasteiger partial charge is 0.257 e. The molecule has 4 heterocycles. The fraction of sp³-hybridized carbons (Fsp3) is 0.297. The lowest BCUT2D eigenvalue weighted by molar-refractivity contribution is -0.121. The average Bonchev–Trinajstić information content (AvgIpc) is 3.99. The molecular formula is C37H34ClFN6O4. The van der Waals surface area contributed by atoms with Crippen molar-refractivity contribution in [1.82, 2.24) is 9.97 Å². The molecule has 3 N–H and O–H groups in total. The Kier molecular flexibility index (Phi) is 7.78. The van der Waals surface area contributed by atoms with Crippen molar-refractivity contribution in [2.24, 2.45) is 11.8 Å². The van der Waals surface area contributed by atoms with E-state index >= 15 is 0 Å². The molecule has 2 saturated carbocycles. The third-order valence-corrected chi connectivity index (χ3v) is 10.3. The molecule has 4 aliphatic rings. The molecule has 2 aliphatic heterocycles. The van der Waals surface area contributed by atoms with Crippen LogP contribution in [0.5, 0.6) is 0 Å². The Morgan fingerprint density at radius 1 is 1.00 bits per heavy atom. The number of nitrogens with zero attached hydrogens (tertiary/aromatic N) is 3. The minimum absolute atomic E-state index is 0.0102. The highest BCUT2D eigenvalue weighted by Gasteiger charge is 2.68. The first-order valence-corrected chi connectivity index (χ1v) is 16.4. The van der Waals surface area contributed by atoms with Gasteiger partial charge in [0.05, 0.1) is 32.8 Å². The quantitative estimate of drug-likeness (QED) is 0.216. The highest BCUT2D eigenvalue weighted by molar-refractivity contribution is 6.34. The first kappa shape index (κ1) is 32.4. The Morgan fingerprint density at radius 3 is 2.47 bits per heavy atom. The van der Waals surface area contributed by atoms with E-state index in [2.05, 4.69) is 25.9 Å². The number of amides is 4. The molecule has 4 amide bonds. The summed E-state index contributed by atoms with van der Waals surface area (Å²) in [6.07, 6.45) is 7.88. The van der Waals surface area contributed by atoms with Crippen LogP contribution in [0.3, 0.4) is 0 Å². The molecule has 8 rings (SSSR count). The number of rotatable bonds is 5. The minimum Gasteiger partial charge on any atom is -0.325 e. The van der Waals surface area contributed by atoms with Gasteiger partial charge < -0.3 is 20.9 Å². The van der Waals surface area contributed by atoms with E-state index in [0.717, 1.165) is 29.3 Å². The molecule has 2 aliphatic carbocycles. The lowest BCUT2D eigenvalue weighted by atomic mass is 9.86. The molecule has 1 spiro atoms. The van der Waals surface area contributed by atoms with Crippen molar-refractivity contribution in [3.8, 4) is 0 Å². The normalized spacial score (nSPS) is 20.9. The fourth-order valence-corrected chi connectivity index (χ4v) is 7.37. The van der Waals surface area contributed by atoms with Gasteiger partial charge in [-0.2, -0.15) is 0 Å². The molecule has 49 heavy (non-hydrogen) atoms. The number of benzene rings is 2. The fourth-order valence-electron chi connectivity index (χ4n) is 7.17. The third kappa shape index (κ3) is 5.51. The highest BCUT2D eigenvalue weighted by Crippen LogP contribution is 2.67. The lowest BCUT2D eigenvalue weighted by Crippen LogP contribution is -2.33. The molecule has 1 unspecified atom stereocenters. The number of hydrogen-bond acceptors (Lipinski definition) is 6.